The first-order valence-electron chi connectivity index (χ1n) is 5.84. The number of methoxy groups -OCH3 is 2. The van der Waals surface area contributed by atoms with E-state index in [1.54, 1.807) is 14.2 Å². The van der Waals surface area contributed by atoms with Crippen molar-refractivity contribution in [3.63, 3.8) is 0 Å². The van der Waals surface area contributed by atoms with Gasteiger partial charge in [0.15, 0.2) is 0 Å². The lowest BCUT2D eigenvalue weighted by atomic mass is 10.1. The molecule has 0 amide bonds. The van der Waals surface area contributed by atoms with Crippen molar-refractivity contribution in [1.82, 2.24) is 5.32 Å². The van der Waals surface area contributed by atoms with Crippen LogP contribution in [-0.2, 0) is 6.42 Å². The van der Waals surface area contributed by atoms with Crippen molar-refractivity contribution in [2.75, 3.05) is 27.3 Å². The van der Waals surface area contributed by atoms with E-state index in [0.717, 1.165) is 36.6 Å². The van der Waals surface area contributed by atoms with E-state index in [1.807, 2.05) is 25.1 Å². The van der Waals surface area contributed by atoms with E-state index >= 15 is 0 Å². The van der Waals surface area contributed by atoms with E-state index < -0.39 is 0 Å². The van der Waals surface area contributed by atoms with Gasteiger partial charge in [0.1, 0.15) is 11.5 Å². The highest BCUT2D eigenvalue weighted by atomic mass is 16.5. The van der Waals surface area contributed by atoms with Crippen LogP contribution in [0, 0.1) is 0 Å². The van der Waals surface area contributed by atoms with Gasteiger partial charge in [-0.25, -0.2) is 0 Å². The first kappa shape index (κ1) is 13.8. The van der Waals surface area contributed by atoms with Gasteiger partial charge in [-0.3, -0.25) is 0 Å². The van der Waals surface area contributed by atoms with E-state index in [0.29, 0.717) is 0 Å². The van der Waals surface area contributed by atoms with Crippen LogP contribution in [0.1, 0.15) is 12.5 Å². The zero-order chi connectivity index (χ0) is 12.7. The molecule has 0 aliphatic rings. The van der Waals surface area contributed by atoms with Crippen molar-refractivity contribution in [2.45, 2.75) is 19.4 Å². The Balaban J connectivity index is 2.55. The van der Waals surface area contributed by atoms with Crippen LogP contribution in [0.25, 0.3) is 0 Å². The van der Waals surface area contributed by atoms with Crippen molar-refractivity contribution in [3.8, 4) is 11.5 Å². The fourth-order valence-corrected chi connectivity index (χ4v) is 1.63. The van der Waals surface area contributed by atoms with Gasteiger partial charge in [0.2, 0.25) is 0 Å². The smallest absolute Gasteiger partial charge is 0.122 e. The Morgan fingerprint density at radius 3 is 2.65 bits per heavy atom. The molecule has 0 aliphatic heterocycles. The molecule has 1 atom stereocenters. The molecule has 17 heavy (non-hydrogen) atoms. The molecule has 4 heteroatoms. The van der Waals surface area contributed by atoms with Gasteiger partial charge in [-0.15, -0.1) is 0 Å². The molecule has 3 N–H and O–H groups in total. The maximum Gasteiger partial charge on any atom is 0.122 e. The Kier molecular flexibility index (Phi) is 5.80. The van der Waals surface area contributed by atoms with Gasteiger partial charge in [-0.1, -0.05) is 0 Å². The highest BCUT2D eigenvalue weighted by Gasteiger charge is 2.04. The summed E-state index contributed by atoms with van der Waals surface area (Å²) in [5.74, 6) is 1.75. The first-order valence-corrected chi connectivity index (χ1v) is 5.84. The summed E-state index contributed by atoms with van der Waals surface area (Å²) in [5.41, 5.74) is 6.81. The Labute approximate surface area is 103 Å². The Morgan fingerprint density at radius 1 is 1.29 bits per heavy atom. The van der Waals surface area contributed by atoms with E-state index in [-0.39, 0.29) is 6.04 Å². The van der Waals surface area contributed by atoms with E-state index in [9.17, 15) is 0 Å². The molecule has 96 valence electrons. The third-order valence-corrected chi connectivity index (χ3v) is 2.52. The molecule has 0 aliphatic carbocycles. The minimum absolute atomic E-state index is 0.183. The lowest BCUT2D eigenvalue weighted by molar-refractivity contribution is 0.398. The number of benzene rings is 1. The zero-order valence-electron chi connectivity index (χ0n) is 10.8. The highest BCUT2D eigenvalue weighted by Crippen LogP contribution is 2.23. The highest BCUT2D eigenvalue weighted by molar-refractivity contribution is 5.40. The van der Waals surface area contributed by atoms with Gasteiger partial charge in [0.05, 0.1) is 14.2 Å². The summed E-state index contributed by atoms with van der Waals surface area (Å²) in [6.45, 7) is 3.69. The van der Waals surface area contributed by atoms with Crippen LogP contribution in [0.15, 0.2) is 18.2 Å². The summed E-state index contributed by atoms with van der Waals surface area (Å²) < 4.78 is 10.5. The number of hydrogen-bond acceptors (Lipinski definition) is 4. The van der Waals surface area contributed by atoms with Crippen LogP contribution in [0.4, 0.5) is 0 Å². The van der Waals surface area contributed by atoms with Crippen molar-refractivity contribution in [1.29, 1.82) is 0 Å². The summed E-state index contributed by atoms with van der Waals surface area (Å²) >= 11 is 0. The third kappa shape index (κ3) is 4.63. The summed E-state index contributed by atoms with van der Waals surface area (Å²) in [7, 11) is 3.35. The fourth-order valence-electron chi connectivity index (χ4n) is 1.63. The lowest BCUT2D eigenvalue weighted by Crippen LogP contribution is -2.32. The Bertz CT molecular complexity index is 340. The molecule has 0 aromatic heterocycles. The largest absolute Gasteiger partial charge is 0.497 e. The number of rotatable bonds is 7. The first-order chi connectivity index (χ1) is 8.17. The van der Waals surface area contributed by atoms with Crippen LogP contribution < -0.4 is 20.5 Å². The van der Waals surface area contributed by atoms with Gasteiger partial charge >= 0.3 is 0 Å². The van der Waals surface area contributed by atoms with Crippen molar-refractivity contribution < 1.29 is 9.47 Å². The van der Waals surface area contributed by atoms with Crippen molar-refractivity contribution >= 4 is 0 Å². The minimum Gasteiger partial charge on any atom is -0.497 e. The summed E-state index contributed by atoms with van der Waals surface area (Å²) in [6.07, 6.45) is 0.896. The third-order valence-electron chi connectivity index (χ3n) is 2.52. The molecular weight excluding hydrogens is 216 g/mol. The topological polar surface area (TPSA) is 56.5 Å². The molecule has 1 aromatic rings. The molecule has 0 heterocycles. The van der Waals surface area contributed by atoms with Crippen LogP contribution in [0.3, 0.4) is 0 Å². The minimum atomic E-state index is 0.183. The van der Waals surface area contributed by atoms with Crippen LogP contribution >= 0.6 is 0 Å². The molecule has 0 saturated heterocycles. The van der Waals surface area contributed by atoms with Crippen molar-refractivity contribution in [2.24, 2.45) is 5.73 Å². The van der Waals surface area contributed by atoms with Gasteiger partial charge in [-0.2, -0.15) is 0 Å². The molecule has 4 nitrogen and oxygen atoms in total. The molecule has 0 bridgehead atoms. The number of ether oxygens (including phenoxy) is 2. The average Bonchev–Trinajstić information content (AvgIpc) is 2.34. The number of hydrogen-bond donors (Lipinski definition) is 2. The van der Waals surface area contributed by atoms with E-state index in [4.69, 9.17) is 15.2 Å². The van der Waals surface area contributed by atoms with Gasteiger partial charge in [0, 0.05) is 12.6 Å². The predicted octanol–water partition coefficient (Wildman–Crippen LogP) is 1.18. The Hall–Kier alpha value is -1.26. The molecule has 0 spiro atoms. The molecule has 1 unspecified atom stereocenters. The maximum absolute atomic E-state index is 5.67. The second-order valence-corrected chi connectivity index (χ2v) is 4.11. The normalized spacial score (nSPS) is 12.2. The number of nitrogens with two attached hydrogens (primary N) is 1. The number of nitrogens with one attached hydrogen (secondary N) is 1. The van der Waals surface area contributed by atoms with Crippen LogP contribution in [-0.4, -0.2) is 33.4 Å². The summed E-state index contributed by atoms with van der Waals surface area (Å²) in [5, 5.41) is 3.30. The van der Waals surface area contributed by atoms with Gasteiger partial charge in [-0.05, 0) is 43.7 Å². The quantitative estimate of drug-likeness (QED) is 0.700. The molecule has 0 saturated carbocycles. The van der Waals surface area contributed by atoms with Gasteiger partial charge < -0.3 is 20.5 Å². The monoisotopic (exact) mass is 238 g/mol. The summed E-state index contributed by atoms with van der Waals surface area (Å²) in [4.78, 5) is 0. The van der Waals surface area contributed by atoms with Gasteiger partial charge in [0.25, 0.3) is 0 Å². The molecule has 1 aromatic carbocycles. The molecular formula is C13H22N2O2. The van der Waals surface area contributed by atoms with E-state index in [1.165, 1.54) is 0 Å². The lowest BCUT2D eigenvalue weighted by Gasteiger charge is -2.11. The standard InChI is InChI=1S/C13H22N2O2/c1-10(14)9-15-7-6-11-8-12(16-2)4-5-13(11)17-3/h4-5,8,10,15H,6-7,9,14H2,1-3H3. The van der Waals surface area contributed by atoms with Crippen LogP contribution in [0.5, 0.6) is 11.5 Å². The van der Waals surface area contributed by atoms with E-state index in [2.05, 4.69) is 5.32 Å². The maximum atomic E-state index is 5.67. The Morgan fingerprint density at radius 2 is 2.06 bits per heavy atom. The zero-order valence-corrected chi connectivity index (χ0v) is 10.8. The second kappa shape index (κ2) is 7.14. The molecule has 0 radical (unpaired) electrons. The summed E-state index contributed by atoms with van der Waals surface area (Å²) in [6, 6.07) is 6.02. The van der Waals surface area contributed by atoms with Crippen molar-refractivity contribution in [3.05, 3.63) is 23.8 Å². The molecule has 0 fully saturated rings. The second-order valence-electron chi connectivity index (χ2n) is 4.11. The molecule has 1 rings (SSSR count). The predicted molar refractivity (Wildman–Crippen MR) is 69.8 cm³/mol. The van der Waals surface area contributed by atoms with Crippen LogP contribution in [0.2, 0.25) is 0 Å². The fraction of sp³-hybridized carbons (Fsp3) is 0.538. The average molecular weight is 238 g/mol. The SMILES string of the molecule is COc1ccc(OC)c(CCNCC(C)N)c1.